The summed E-state index contributed by atoms with van der Waals surface area (Å²) in [6.45, 7) is 3.73. The maximum Gasteiger partial charge on any atom is 0.410 e. The number of amides is 5. The van der Waals surface area contributed by atoms with Crippen molar-refractivity contribution >= 4 is 51.5 Å². The maximum atomic E-state index is 14.4. The fourth-order valence-corrected chi connectivity index (χ4v) is 8.37. The summed E-state index contributed by atoms with van der Waals surface area (Å²) < 4.78 is 54.2. The van der Waals surface area contributed by atoms with Crippen molar-refractivity contribution in [2.45, 2.75) is 101 Å². The van der Waals surface area contributed by atoms with E-state index < -0.39 is 75.4 Å². The Morgan fingerprint density at radius 1 is 1.07 bits per heavy atom. The number of nitrogens with one attached hydrogen (secondary N) is 3. The van der Waals surface area contributed by atoms with Crippen molar-refractivity contribution in [1.82, 2.24) is 25.2 Å². The van der Waals surface area contributed by atoms with Crippen molar-refractivity contribution < 1.29 is 46.3 Å². The van der Waals surface area contributed by atoms with Gasteiger partial charge in [-0.05, 0) is 67.5 Å². The fraction of sp³-hybridized carbons (Fsp3) is 0.500. The molecule has 2 aromatic rings. The molecule has 3 aliphatic heterocycles. The van der Waals surface area contributed by atoms with Gasteiger partial charge < -0.3 is 25.0 Å². The summed E-state index contributed by atoms with van der Waals surface area (Å²) in [5, 5.41) is 5.72. The zero-order valence-corrected chi connectivity index (χ0v) is 32.2. The lowest BCUT2D eigenvalue weighted by atomic mass is 10.0. The normalized spacial score (nSPS) is 25.5. The van der Waals surface area contributed by atoms with Crippen LogP contribution in [0.25, 0.3) is 0 Å². The number of fused-ring (bicyclic) bond motifs is 3. The molecule has 3 heterocycles. The predicted molar refractivity (Wildman–Crippen MR) is 197 cm³/mol. The van der Waals surface area contributed by atoms with Gasteiger partial charge >= 0.3 is 12.2 Å². The van der Waals surface area contributed by atoms with Crippen LogP contribution in [0.5, 0.6) is 0 Å². The average molecular weight is 802 g/mol. The third-order valence-electron chi connectivity index (χ3n) is 10.3. The van der Waals surface area contributed by atoms with Gasteiger partial charge in [0.15, 0.2) is 0 Å². The van der Waals surface area contributed by atoms with E-state index in [0.29, 0.717) is 35.4 Å². The number of alkyl carbamates (subject to hydrolysis) is 1. The number of carbonyl (C=O) groups excluding carboxylic acids is 5. The number of hydrogen-bond acceptors (Lipinski definition) is 9. The number of allylic oxidation sites excluding steroid dienone is 1. The molecule has 1 saturated carbocycles. The molecule has 296 valence electrons. The van der Waals surface area contributed by atoms with E-state index in [0.717, 1.165) is 6.42 Å². The summed E-state index contributed by atoms with van der Waals surface area (Å²) in [7, 11) is -4.36. The van der Waals surface area contributed by atoms with E-state index in [9.17, 15) is 36.8 Å². The lowest BCUT2D eigenvalue weighted by Crippen LogP contribution is -2.58. The first-order chi connectivity index (χ1) is 26.2. The second-order valence-corrected chi connectivity index (χ2v) is 17.0. The van der Waals surface area contributed by atoms with Crippen LogP contribution in [0, 0.1) is 17.7 Å². The number of hydrogen-bond donors (Lipinski definition) is 3. The highest BCUT2D eigenvalue weighted by atomic mass is 35.5. The first-order valence-electron chi connectivity index (χ1n) is 18.4. The van der Waals surface area contributed by atoms with Gasteiger partial charge in [0.2, 0.25) is 11.8 Å². The highest BCUT2D eigenvalue weighted by molar-refractivity contribution is 7.90. The van der Waals surface area contributed by atoms with Gasteiger partial charge in [-0.1, -0.05) is 62.6 Å². The number of ether oxygens (including phenoxy) is 2. The summed E-state index contributed by atoms with van der Waals surface area (Å²) in [6, 6.07) is 7.46. The van der Waals surface area contributed by atoms with Crippen molar-refractivity contribution in [2.24, 2.45) is 11.8 Å². The van der Waals surface area contributed by atoms with Gasteiger partial charge in [-0.15, -0.1) is 0 Å². The number of sulfonamides is 1. The van der Waals surface area contributed by atoms with Crippen LogP contribution in [0.4, 0.5) is 14.0 Å². The number of rotatable bonds is 7. The van der Waals surface area contributed by atoms with Crippen LogP contribution in [0.2, 0.25) is 5.02 Å². The topological polar surface area (TPSA) is 181 Å². The van der Waals surface area contributed by atoms with Crippen LogP contribution in [-0.2, 0) is 47.0 Å². The first-order valence-corrected chi connectivity index (χ1v) is 20.3. The molecule has 0 unspecified atom stereocenters. The summed E-state index contributed by atoms with van der Waals surface area (Å²) in [5.41, 5.74) is -0.653. The molecule has 2 fully saturated rings. The van der Waals surface area contributed by atoms with Crippen LogP contribution < -0.4 is 15.4 Å². The average Bonchev–Trinajstić information content (AvgIpc) is 3.42. The van der Waals surface area contributed by atoms with Crippen molar-refractivity contribution in [3.8, 4) is 0 Å². The Hall–Kier alpha value is -4.70. The zero-order chi connectivity index (χ0) is 39.5. The van der Waals surface area contributed by atoms with Crippen molar-refractivity contribution in [3.63, 3.8) is 0 Å². The highest BCUT2D eigenvalue weighted by Crippen LogP contribution is 2.46. The summed E-state index contributed by atoms with van der Waals surface area (Å²) in [6.07, 6.45) is 3.90. The number of nitrogens with zero attached hydrogens (tertiary/aromatic N) is 2. The molecule has 2 aromatic carbocycles. The minimum Gasteiger partial charge on any atom is -0.449 e. The van der Waals surface area contributed by atoms with Gasteiger partial charge in [0, 0.05) is 29.5 Å². The number of benzene rings is 2. The quantitative estimate of drug-likeness (QED) is 0.339. The summed E-state index contributed by atoms with van der Waals surface area (Å²) in [5.74, 6) is -3.29. The molecule has 1 saturated heterocycles. The van der Waals surface area contributed by atoms with E-state index in [1.54, 1.807) is 18.2 Å². The van der Waals surface area contributed by atoms with Crippen LogP contribution in [0.15, 0.2) is 59.5 Å². The van der Waals surface area contributed by atoms with Crippen molar-refractivity contribution in [1.29, 1.82) is 0 Å². The van der Waals surface area contributed by atoms with E-state index in [1.165, 1.54) is 40.1 Å². The number of carbonyl (C=O) groups is 5. The lowest BCUT2D eigenvalue weighted by Gasteiger charge is -2.29. The fourth-order valence-electron chi connectivity index (χ4n) is 7.20. The van der Waals surface area contributed by atoms with Gasteiger partial charge in [-0.3, -0.25) is 19.3 Å². The lowest BCUT2D eigenvalue weighted by molar-refractivity contribution is -0.141. The minimum absolute atomic E-state index is 0.0178. The van der Waals surface area contributed by atoms with E-state index in [1.807, 2.05) is 19.9 Å². The molecule has 0 bridgehead atoms. The first kappa shape index (κ1) is 40.0. The van der Waals surface area contributed by atoms with Gasteiger partial charge in [-0.25, -0.2) is 27.1 Å². The molecular formula is C38H45ClFN5O9S. The molecule has 6 rings (SSSR count). The molecule has 0 radical (unpaired) electrons. The molecule has 1 aliphatic carbocycles. The van der Waals surface area contributed by atoms with Gasteiger partial charge in [0.25, 0.3) is 15.9 Å². The van der Waals surface area contributed by atoms with E-state index in [4.69, 9.17) is 21.1 Å². The Labute approximate surface area is 324 Å². The standard InChI is InChI=1S/C38H45ClFN5O9S/c1-23(2)22-53-36(49)41-31-12-7-5-3-4-6-10-25-18-38(25,35(48)43-55(51,52)28-15-13-26(39)14-16-28)42-33(46)32-17-27(20-45(32)34(31)47)54-37(50)44-19-24-9-8-11-30(40)29(24)21-44/h6,8-11,13-16,23,25,27,31-32H,3-5,7,12,17-22H2,1-2H3,(H,41,49)(H,42,46)(H,43,48)/t25-,27-,31+,32+,38-/m1/s1. The van der Waals surface area contributed by atoms with E-state index in [-0.39, 0.29) is 56.3 Å². The second-order valence-electron chi connectivity index (χ2n) is 14.9. The molecule has 0 spiro atoms. The Morgan fingerprint density at radius 3 is 2.56 bits per heavy atom. The van der Waals surface area contributed by atoms with Gasteiger partial charge in [0.1, 0.15) is 29.5 Å². The molecule has 17 heteroatoms. The Balaban J connectivity index is 1.26. The van der Waals surface area contributed by atoms with Crippen LogP contribution in [0.1, 0.15) is 69.9 Å². The number of halogens is 2. The molecule has 5 atom stereocenters. The van der Waals surface area contributed by atoms with Crippen LogP contribution in [-0.4, -0.2) is 85.0 Å². The zero-order valence-electron chi connectivity index (χ0n) is 30.6. The maximum absolute atomic E-state index is 14.4. The molecule has 3 N–H and O–H groups in total. The molecular weight excluding hydrogens is 757 g/mol. The molecule has 5 amide bonds. The predicted octanol–water partition coefficient (Wildman–Crippen LogP) is 4.55. The summed E-state index contributed by atoms with van der Waals surface area (Å²) in [4.78, 5) is 71.0. The molecule has 4 aliphatic rings. The smallest absolute Gasteiger partial charge is 0.410 e. The molecule has 0 aromatic heterocycles. The van der Waals surface area contributed by atoms with Crippen LogP contribution in [0.3, 0.4) is 0 Å². The van der Waals surface area contributed by atoms with E-state index >= 15 is 0 Å². The Bertz CT molecular complexity index is 1960. The highest BCUT2D eigenvalue weighted by Gasteiger charge is 2.61. The SMILES string of the molecule is CC(C)COC(=O)N[C@H]1CCCCCC=C[C@@H]2C[C@@]2(C(=O)NS(=O)(=O)c2ccc(Cl)cc2)NC(=O)[C@@H]2C[C@@H](OC(=O)N3Cc4cccc(F)c4C3)CN2C1=O. The van der Waals surface area contributed by atoms with Crippen LogP contribution >= 0.6 is 11.6 Å². The second kappa shape index (κ2) is 16.6. The Kier molecular flexibility index (Phi) is 12.0. The Morgan fingerprint density at radius 2 is 1.84 bits per heavy atom. The van der Waals surface area contributed by atoms with E-state index in [2.05, 4.69) is 15.4 Å². The van der Waals surface area contributed by atoms with Gasteiger partial charge in [-0.2, -0.15) is 0 Å². The van der Waals surface area contributed by atoms with Crippen molar-refractivity contribution in [3.05, 3.63) is 76.6 Å². The van der Waals surface area contributed by atoms with Crippen molar-refractivity contribution in [2.75, 3.05) is 13.2 Å². The third kappa shape index (κ3) is 9.23. The summed E-state index contributed by atoms with van der Waals surface area (Å²) >= 11 is 5.93. The molecule has 55 heavy (non-hydrogen) atoms. The minimum atomic E-state index is -4.36. The van der Waals surface area contributed by atoms with Gasteiger partial charge in [0.05, 0.1) is 24.6 Å². The monoisotopic (exact) mass is 801 g/mol. The largest absolute Gasteiger partial charge is 0.449 e. The third-order valence-corrected chi connectivity index (χ3v) is 11.9. The molecule has 14 nitrogen and oxygen atoms in total.